The first-order chi connectivity index (χ1) is 7.68. The van der Waals surface area contributed by atoms with Crippen LogP contribution in [0.3, 0.4) is 0 Å². The van der Waals surface area contributed by atoms with Crippen LogP contribution in [0.15, 0.2) is 42.7 Å². The van der Waals surface area contributed by atoms with Crippen LogP contribution in [0.2, 0.25) is 0 Å². The van der Waals surface area contributed by atoms with Crippen LogP contribution in [0.5, 0.6) is 0 Å². The number of aromatic nitrogens is 1. The lowest BCUT2D eigenvalue weighted by atomic mass is 9.97. The van der Waals surface area contributed by atoms with Gasteiger partial charge in [-0.2, -0.15) is 0 Å². The van der Waals surface area contributed by atoms with E-state index in [0.717, 1.165) is 16.7 Å². The van der Waals surface area contributed by atoms with E-state index in [9.17, 15) is 5.11 Å². The topological polar surface area (TPSA) is 33.1 Å². The van der Waals surface area contributed by atoms with E-state index >= 15 is 0 Å². The third-order valence-corrected chi connectivity index (χ3v) is 2.74. The molecule has 2 aromatic rings. The van der Waals surface area contributed by atoms with Gasteiger partial charge in [0.15, 0.2) is 0 Å². The summed E-state index contributed by atoms with van der Waals surface area (Å²) in [5.74, 6) is 0. The molecule has 2 nitrogen and oxygen atoms in total. The van der Waals surface area contributed by atoms with Crippen molar-refractivity contribution < 1.29 is 5.11 Å². The molecular formula is C14H15NO. The van der Waals surface area contributed by atoms with Gasteiger partial charge in [-0.05, 0) is 42.7 Å². The first-order valence-corrected chi connectivity index (χ1v) is 5.33. The van der Waals surface area contributed by atoms with Gasteiger partial charge >= 0.3 is 0 Å². The Morgan fingerprint density at radius 2 is 1.75 bits per heavy atom. The van der Waals surface area contributed by atoms with Gasteiger partial charge in [0.05, 0.1) is 0 Å². The van der Waals surface area contributed by atoms with Crippen molar-refractivity contribution in [2.45, 2.75) is 20.0 Å². The second-order valence-electron chi connectivity index (χ2n) is 4.04. The Bertz CT molecular complexity index is 479. The van der Waals surface area contributed by atoms with Crippen LogP contribution in [0.1, 0.15) is 28.4 Å². The Balaban J connectivity index is 2.38. The highest BCUT2D eigenvalue weighted by Gasteiger charge is 2.12. The van der Waals surface area contributed by atoms with Gasteiger partial charge in [0.2, 0.25) is 0 Å². The first kappa shape index (κ1) is 10.8. The standard InChI is InChI=1S/C14H15NO/c1-10-3-4-13(11(2)9-10)14(16)12-5-7-15-8-6-12/h3-9,14,16H,1-2H3. The fraction of sp³-hybridized carbons (Fsp3) is 0.214. The summed E-state index contributed by atoms with van der Waals surface area (Å²) < 4.78 is 0. The zero-order valence-corrected chi connectivity index (χ0v) is 9.51. The van der Waals surface area contributed by atoms with Crippen molar-refractivity contribution in [3.8, 4) is 0 Å². The second-order valence-corrected chi connectivity index (χ2v) is 4.04. The summed E-state index contributed by atoms with van der Waals surface area (Å²) in [7, 11) is 0. The summed E-state index contributed by atoms with van der Waals surface area (Å²) in [6.07, 6.45) is 2.83. The number of aryl methyl sites for hydroxylation is 2. The van der Waals surface area contributed by atoms with Gasteiger partial charge < -0.3 is 5.11 Å². The Labute approximate surface area is 95.6 Å². The normalized spacial score (nSPS) is 12.4. The van der Waals surface area contributed by atoms with Crippen molar-refractivity contribution in [3.63, 3.8) is 0 Å². The number of hydrogen-bond donors (Lipinski definition) is 1. The Morgan fingerprint density at radius 1 is 1.06 bits per heavy atom. The van der Waals surface area contributed by atoms with Gasteiger partial charge in [-0.15, -0.1) is 0 Å². The maximum atomic E-state index is 10.2. The van der Waals surface area contributed by atoms with E-state index in [0.29, 0.717) is 0 Å². The number of hydrogen-bond acceptors (Lipinski definition) is 2. The summed E-state index contributed by atoms with van der Waals surface area (Å²) >= 11 is 0. The fourth-order valence-electron chi connectivity index (χ4n) is 1.86. The van der Waals surface area contributed by atoms with Crippen LogP contribution in [0, 0.1) is 13.8 Å². The minimum absolute atomic E-state index is 0.566. The molecule has 0 saturated carbocycles. The maximum absolute atomic E-state index is 10.2. The van der Waals surface area contributed by atoms with Gasteiger partial charge in [0, 0.05) is 12.4 Å². The van der Waals surface area contributed by atoms with Gasteiger partial charge in [0.25, 0.3) is 0 Å². The van der Waals surface area contributed by atoms with E-state index < -0.39 is 6.10 Å². The Morgan fingerprint density at radius 3 is 2.38 bits per heavy atom. The van der Waals surface area contributed by atoms with Crippen LogP contribution < -0.4 is 0 Å². The first-order valence-electron chi connectivity index (χ1n) is 5.33. The molecule has 0 fully saturated rings. The second kappa shape index (κ2) is 4.45. The van der Waals surface area contributed by atoms with E-state index in [1.54, 1.807) is 12.4 Å². The van der Waals surface area contributed by atoms with Gasteiger partial charge in [-0.3, -0.25) is 4.98 Å². The monoisotopic (exact) mass is 213 g/mol. The minimum atomic E-state index is -0.566. The highest BCUT2D eigenvalue weighted by Crippen LogP contribution is 2.24. The highest BCUT2D eigenvalue weighted by atomic mass is 16.3. The number of benzene rings is 1. The van der Waals surface area contributed by atoms with Crippen molar-refractivity contribution >= 4 is 0 Å². The molecule has 16 heavy (non-hydrogen) atoms. The number of pyridine rings is 1. The minimum Gasteiger partial charge on any atom is -0.384 e. The van der Waals surface area contributed by atoms with Crippen LogP contribution in [0.25, 0.3) is 0 Å². The maximum Gasteiger partial charge on any atom is 0.104 e. The molecule has 0 spiro atoms. The smallest absolute Gasteiger partial charge is 0.104 e. The van der Waals surface area contributed by atoms with Gasteiger partial charge in [-0.1, -0.05) is 23.8 Å². The molecule has 1 atom stereocenters. The van der Waals surface area contributed by atoms with Crippen molar-refractivity contribution in [3.05, 3.63) is 65.0 Å². The summed E-state index contributed by atoms with van der Waals surface area (Å²) in [6, 6.07) is 9.76. The van der Waals surface area contributed by atoms with Crippen molar-refractivity contribution in [1.29, 1.82) is 0 Å². The van der Waals surface area contributed by atoms with Crippen LogP contribution in [0.4, 0.5) is 0 Å². The lowest BCUT2D eigenvalue weighted by molar-refractivity contribution is 0.219. The van der Waals surface area contributed by atoms with E-state index in [1.165, 1.54) is 5.56 Å². The zero-order chi connectivity index (χ0) is 11.5. The molecule has 1 heterocycles. The number of aliphatic hydroxyl groups excluding tert-OH is 1. The summed E-state index contributed by atoms with van der Waals surface area (Å²) in [4.78, 5) is 3.95. The molecule has 0 aliphatic carbocycles. The fourth-order valence-corrected chi connectivity index (χ4v) is 1.86. The zero-order valence-electron chi connectivity index (χ0n) is 9.51. The van der Waals surface area contributed by atoms with Gasteiger partial charge in [0.1, 0.15) is 6.10 Å². The third kappa shape index (κ3) is 2.12. The molecule has 1 unspecified atom stereocenters. The van der Waals surface area contributed by atoms with Crippen molar-refractivity contribution in [1.82, 2.24) is 4.98 Å². The molecule has 2 rings (SSSR count). The van der Waals surface area contributed by atoms with E-state index in [4.69, 9.17) is 0 Å². The van der Waals surface area contributed by atoms with Crippen LogP contribution in [-0.2, 0) is 0 Å². The SMILES string of the molecule is Cc1ccc(C(O)c2ccncc2)c(C)c1. The average Bonchev–Trinajstić information content (AvgIpc) is 2.29. The number of rotatable bonds is 2. The highest BCUT2D eigenvalue weighted by molar-refractivity contribution is 5.36. The predicted molar refractivity (Wildman–Crippen MR) is 64.2 cm³/mol. The van der Waals surface area contributed by atoms with Crippen molar-refractivity contribution in [2.24, 2.45) is 0 Å². The number of aliphatic hydroxyl groups is 1. The lowest BCUT2D eigenvalue weighted by Crippen LogP contribution is -2.02. The van der Waals surface area contributed by atoms with Crippen LogP contribution >= 0.6 is 0 Å². The van der Waals surface area contributed by atoms with Crippen LogP contribution in [-0.4, -0.2) is 10.1 Å². The summed E-state index contributed by atoms with van der Waals surface area (Å²) in [5.41, 5.74) is 4.16. The molecule has 0 amide bonds. The van der Waals surface area contributed by atoms with Crippen molar-refractivity contribution in [2.75, 3.05) is 0 Å². The molecule has 82 valence electrons. The predicted octanol–water partition coefficient (Wildman–Crippen LogP) is 2.78. The third-order valence-electron chi connectivity index (χ3n) is 2.74. The van der Waals surface area contributed by atoms with E-state index in [-0.39, 0.29) is 0 Å². The molecule has 1 aromatic heterocycles. The summed E-state index contributed by atoms with van der Waals surface area (Å²) in [6.45, 7) is 4.07. The van der Waals surface area contributed by atoms with Gasteiger partial charge in [-0.25, -0.2) is 0 Å². The van der Waals surface area contributed by atoms with E-state index in [2.05, 4.69) is 18.0 Å². The molecule has 0 radical (unpaired) electrons. The molecule has 0 saturated heterocycles. The lowest BCUT2D eigenvalue weighted by Gasteiger charge is -2.14. The quantitative estimate of drug-likeness (QED) is 0.832. The molecule has 0 aliphatic rings. The Kier molecular flexibility index (Phi) is 3.02. The molecule has 1 N–H and O–H groups in total. The molecule has 0 aliphatic heterocycles. The molecule has 1 aromatic carbocycles. The largest absolute Gasteiger partial charge is 0.384 e. The number of nitrogens with zero attached hydrogens (tertiary/aromatic N) is 1. The Hall–Kier alpha value is -1.67. The molecular weight excluding hydrogens is 198 g/mol. The summed E-state index contributed by atoms with van der Waals surface area (Å²) in [5, 5.41) is 10.2. The van der Waals surface area contributed by atoms with E-state index in [1.807, 2.05) is 31.2 Å². The average molecular weight is 213 g/mol. The molecule has 2 heteroatoms. The molecule has 0 bridgehead atoms.